The molecule has 2 aromatic heterocycles. The van der Waals surface area contributed by atoms with Gasteiger partial charge in [-0.2, -0.15) is 19.6 Å². The van der Waals surface area contributed by atoms with E-state index in [-0.39, 0.29) is 28.6 Å². The number of fused-ring (bicyclic) bond motifs is 2. The van der Waals surface area contributed by atoms with Gasteiger partial charge in [0.2, 0.25) is 0 Å². The van der Waals surface area contributed by atoms with E-state index in [9.17, 15) is 13.2 Å². The summed E-state index contributed by atoms with van der Waals surface area (Å²) in [4.78, 5) is 10.2. The molecule has 2 unspecified atom stereocenters. The van der Waals surface area contributed by atoms with Crippen molar-refractivity contribution in [2.45, 2.75) is 31.8 Å². The zero-order valence-electron chi connectivity index (χ0n) is 13.6. The third kappa shape index (κ3) is 2.14. The van der Waals surface area contributed by atoms with Crippen molar-refractivity contribution in [3.63, 3.8) is 0 Å². The predicted octanol–water partition coefficient (Wildman–Crippen LogP) is 3.85. The van der Waals surface area contributed by atoms with Crippen LogP contribution in [0.3, 0.4) is 0 Å². The molecule has 2 atom stereocenters. The molecule has 3 aromatic rings. The first-order valence-corrected chi connectivity index (χ1v) is 8.66. The van der Waals surface area contributed by atoms with Gasteiger partial charge in [0.15, 0.2) is 0 Å². The van der Waals surface area contributed by atoms with Crippen LogP contribution in [0.15, 0.2) is 18.5 Å². The number of nitrogens with zero attached hydrogens (tertiary/aromatic N) is 5. The quantitative estimate of drug-likeness (QED) is 0.501. The van der Waals surface area contributed by atoms with E-state index in [1.165, 1.54) is 10.8 Å². The number of piperidine rings is 1. The second-order valence-electron chi connectivity index (χ2n) is 6.94. The summed E-state index contributed by atoms with van der Waals surface area (Å²) in [6, 6.07) is 1.80. The highest BCUT2D eigenvalue weighted by Gasteiger charge is 2.55. The van der Waals surface area contributed by atoms with Crippen molar-refractivity contribution in [3.8, 4) is 11.1 Å². The van der Waals surface area contributed by atoms with E-state index < -0.39 is 23.0 Å². The first-order valence-electron chi connectivity index (χ1n) is 8.28. The van der Waals surface area contributed by atoms with Crippen molar-refractivity contribution in [1.29, 1.82) is 0 Å². The van der Waals surface area contributed by atoms with Crippen LogP contribution >= 0.6 is 11.6 Å². The summed E-state index contributed by atoms with van der Waals surface area (Å²) in [6.07, 6.45) is 3.27. The third-order valence-electron chi connectivity index (χ3n) is 5.22. The normalized spacial score (nSPS) is 24.3. The topological polar surface area (TPSA) is 46.1 Å². The number of rotatable bonds is 2. The molecule has 1 saturated heterocycles. The second kappa shape index (κ2) is 5.33. The van der Waals surface area contributed by atoms with Crippen LogP contribution in [0.5, 0.6) is 0 Å². The second-order valence-corrected chi connectivity index (χ2v) is 7.29. The molecule has 1 saturated carbocycles. The number of benzene rings is 1. The Bertz CT molecular complexity index is 1020. The lowest BCUT2D eigenvalue weighted by Gasteiger charge is -2.19. The van der Waals surface area contributed by atoms with Crippen LogP contribution in [0.25, 0.3) is 16.9 Å². The fourth-order valence-corrected chi connectivity index (χ4v) is 4.40. The van der Waals surface area contributed by atoms with Crippen LogP contribution in [-0.2, 0) is 0 Å². The molecule has 2 aliphatic rings. The largest absolute Gasteiger partial charge is 0.346 e. The van der Waals surface area contributed by atoms with Gasteiger partial charge in [0.25, 0.3) is 5.78 Å². The van der Waals surface area contributed by atoms with E-state index in [0.717, 1.165) is 12.8 Å². The Kier molecular flexibility index (Phi) is 3.25. The van der Waals surface area contributed by atoms with Crippen LogP contribution in [0.1, 0.15) is 19.8 Å². The van der Waals surface area contributed by atoms with Crippen molar-refractivity contribution >= 4 is 23.2 Å². The van der Waals surface area contributed by atoms with Crippen LogP contribution in [0, 0.1) is 23.4 Å². The van der Waals surface area contributed by atoms with Gasteiger partial charge in [-0.15, -0.1) is 0 Å². The lowest BCUT2D eigenvalue weighted by molar-refractivity contribution is 0.547. The first kappa shape index (κ1) is 15.9. The zero-order chi connectivity index (χ0) is 18.2. The Labute approximate surface area is 151 Å². The van der Waals surface area contributed by atoms with Crippen LogP contribution in [-0.4, -0.2) is 31.7 Å². The standard InChI is InChI=1S/C17H13ClF3N5/c1-7-2-11-12(3-7)25(11)16-14(13-9(20)4-8(19)5-10(13)21)15(18)24-17-22-6-23-26(16)17/h4-7,11-12H,2-3H2,1H3. The van der Waals surface area contributed by atoms with Gasteiger partial charge in [0, 0.05) is 12.1 Å². The molecule has 0 N–H and O–H groups in total. The maximum atomic E-state index is 14.5. The summed E-state index contributed by atoms with van der Waals surface area (Å²) >= 11 is 6.29. The van der Waals surface area contributed by atoms with Gasteiger partial charge >= 0.3 is 0 Å². The number of anilines is 1. The molecule has 26 heavy (non-hydrogen) atoms. The number of aromatic nitrogens is 4. The van der Waals surface area contributed by atoms with Gasteiger partial charge in [-0.1, -0.05) is 18.5 Å². The van der Waals surface area contributed by atoms with E-state index in [2.05, 4.69) is 22.0 Å². The first-order chi connectivity index (χ1) is 12.5. The Morgan fingerprint density at radius 1 is 1.08 bits per heavy atom. The Morgan fingerprint density at radius 3 is 2.38 bits per heavy atom. The summed E-state index contributed by atoms with van der Waals surface area (Å²) in [5.41, 5.74) is -0.337. The lowest BCUT2D eigenvalue weighted by Crippen LogP contribution is -2.15. The average molecular weight is 380 g/mol. The van der Waals surface area contributed by atoms with Crippen LogP contribution in [0.4, 0.5) is 19.0 Å². The fourth-order valence-electron chi connectivity index (χ4n) is 4.15. The molecular formula is C17H13ClF3N5. The molecule has 1 aliphatic heterocycles. The minimum Gasteiger partial charge on any atom is -0.346 e. The van der Waals surface area contributed by atoms with Gasteiger partial charge in [0.1, 0.15) is 34.7 Å². The molecule has 5 rings (SSSR count). The fraction of sp³-hybridized carbons (Fsp3) is 0.353. The lowest BCUT2D eigenvalue weighted by atomic mass is 10.1. The van der Waals surface area contributed by atoms with E-state index in [1.807, 2.05) is 4.90 Å². The molecule has 0 radical (unpaired) electrons. The minimum atomic E-state index is -1.03. The highest BCUT2D eigenvalue weighted by molar-refractivity contribution is 6.33. The molecule has 1 aromatic carbocycles. The Morgan fingerprint density at radius 2 is 1.73 bits per heavy atom. The molecule has 0 amide bonds. The van der Waals surface area contributed by atoms with Crippen molar-refractivity contribution in [2.75, 3.05) is 4.90 Å². The van der Waals surface area contributed by atoms with Crippen molar-refractivity contribution < 1.29 is 13.2 Å². The van der Waals surface area contributed by atoms with E-state index in [1.54, 1.807) is 0 Å². The molecule has 9 heteroatoms. The van der Waals surface area contributed by atoms with E-state index in [0.29, 0.717) is 23.9 Å². The van der Waals surface area contributed by atoms with Crippen LogP contribution in [0.2, 0.25) is 5.15 Å². The average Bonchev–Trinajstić information content (AvgIpc) is 2.91. The molecule has 0 bridgehead atoms. The van der Waals surface area contributed by atoms with Crippen molar-refractivity contribution in [1.82, 2.24) is 19.6 Å². The smallest absolute Gasteiger partial charge is 0.255 e. The monoisotopic (exact) mass is 379 g/mol. The highest BCUT2D eigenvalue weighted by Crippen LogP contribution is 2.52. The zero-order valence-corrected chi connectivity index (χ0v) is 14.4. The number of hydrogen-bond donors (Lipinski definition) is 0. The van der Waals surface area contributed by atoms with Gasteiger partial charge in [-0.25, -0.2) is 13.2 Å². The molecule has 134 valence electrons. The summed E-state index contributed by atoms with van der Waals surface area (Å²) in [7, 11) is 0. The molecule has 5 nitrogen and oxygen atoms in total. The number of hydrogen-bond acceptors (Lipinski definition) is 4. The molecule has 0 spiro atoms. The summed E-state index contributed by atoms with van der Waals surface area (Å²) in [5.74, 6) is -1.78. The van der Waals surface area contributed by atoms with Gasteiger partial charge < -0.3 is 4.90 Å². The molecule has 3 heterocycles. The highest BCUT2D eigenvalue weighted by atomic mass is 35.5. The van der Waals surface area contributed by atoms with Gasteiger partial charge in [0.05, 0.1) is 23.2 Å². The van der Waals surface area contributed by atoms with Crippen LogP contribution < -0.4 is 4.90 Å². The van der Waals surface area contributed by atoms with Crippen molar-refractivity contribution in [3.05, 3.63) is 41.1 Å². The molecule has 1 aliphatic carbocycles. The van der Waals surface area contributed by atoms with Crippen molar-refractivity contribution in [2.24, 2.45) is 5.92 Å². The maximum absolute atomic E-state index is 14.5. The van der Waals surface area contributed by atoms with E-state index in [4.69, 9.17) is 11.6 Å². The molecule has 2 fully saturated rings. The molecular weight excluding hydrogens is 367 g/mol. The third-order valence-corrected chi connectivity index (χ3v) is 5.49. The Balaban J connectivity index is 1.79. The van der Waals surface area contributed by atoms with E-state index >= 15 is 0 Å². The van der Waals surface area contributed by atoms with Gasteiger partial charge in [-0.3, -0.25) is 0 Å². The number of halogens is 4. The SMILES string of the molecule is CC1CC2C(C1)N2c1c(-c2c(F)cc(F)cc2F)c(Cl)nc2ncnn12. The predicted molar refractivity (Wildman–Crippen MR) is 89.6 cm³/mol. The Hall–Kier alpha value is -2.35. The maximum Gasteiger partial charge on any atom is 0.255 e. The summed E-state index contributed by atoms with van der Waals surface area (Å²) < 4.78 is 43.8. The summed E-state index contributed by atoms with van der Waals surface area (Å²) in [5, 5.41) is 4.06. The van der Waals surface area contributed by atoms with Gasteiger partial charge in [-0.05, 0) is 18.8 Å². The minimum absolute atomic E-state index is 0.0710. The summed E-state index contributed by atoms with van der Waals surface area (Å²) in [6.45, 7) is 2.18.